The largest absolute Gasteiger partial charge is 0.508 e. The lowest BCUT2D eigenvalue weighted by molar-refractivity contribution is -0.0765. The Morgan fingerprint density at radius 2 is 2.10 bits per heavy atom. The predicted octanol–water partition coefficient (Wildman–Crippen LogP) is 3.03. The van der Waals surface area contributed by atoms with Crippen molar-refractivity contribution in [2.75, 3.05) is 19.6 Å². The van der Waals surface area contributed by atoms with E-state index in [2.05, 4.69) is 15.3 Å². The molecule has 7 nitrogen and oxygen atoms in total. The molecule has 2 aliphatic rings. The third-order valence-corrected chi connectivity index (χ3v) is 6.50. The van der Waals surface area contributed by atoms with Crippen molar-refractivity contribution in [3.8, 4) is 5.75 Å². The molecule has 8 heteroatoms. The van der Waals surface area contributed by atoms with E-state index in [1.807, 2.05) is 13.0 Å². The molecule has 2 fully saturated rings. The van der Waals surface area contributed by atoms with Crippen LogP contribution in [0.25, 0.3) is 0 Å². The number of nitrogens with zero attached hydrogens (tertiary/aromatic N) is 3. The highest BCUT2D eigenvalue weighted by Crippen LogP contribution is 2.39. The predicted molar refractivity (Wildman–Crippen MR) is 115 cm³/mol. The van der Waals surface area contributed by atoms with Crippen LogP contribution in [0.3, 0.4) is 0 Å². The van der Waals surface area contributed by atoms with Crippen molar-refractivity contribution >= 4 is 17.5 Å². The zero-order valence-corrected chi connectivity index (χ0v) is 18.3. The minimum Gasteiger partial charge on any atom is -0.508 e. The molecule has 0 bridgehead atoms. The molecule has 30 heavy (non-hydrogen) atoms. The van der Waals surface area contributed by atoms with E-state index >= 15 is 0 Å². The van der Waals surface area contributed by atoms with Crippen LogP contribution in [0, 0.1) is 6.92 Å². The average Bonchev–Trinajstić information content (AvgIpc) is 3.27. The van der Waals surface area contributed by atoms with E-state index in [-0.39, 0.29) is 23.4 Å². The number of halogens is 1. The van der Waals surface area contributed by atoms with Gasteiger partial charge in [-0.25, -0.2) is 0 Å². The summed E-state index contributed by atoms with van der Waals surface area (Å²) in [5, 5.41) is 17.9. The number of piperidine rings is 1. The summed E-state index contributed by atoms with van der Waals surface area (Å²) in [4.78, 5) is 14.7. The second-order valence-electron chi connectivity index (χ2n) is 8.52. The number of ether oxygens (including phenoxy) is 1. The van der Waals surface area contributed by atoms with Gasteiger partial charge in [0, 0.05) is 43.8 Å². The Labute approximate surface area is 182 Å². The normalized spacial score (nSPS) is 21.2. The first-order valence-corrected chi connectivity index (χ1v) is 10.9. The summed E-state index contributed by atoms with van der Waals surface area (Å²) in [7, 11) is 1.78. The third-order valence-electron chi connectivity index (χ3n) is 6.27. The Morgan fingerprint density at radius 1 is 1.33 bits per heavy atom. The number of benzene rings is 1. The number of likely N-dealkylation sites (tertiary alicyclic amines) is 1. The van der Waals surface area contributed by atoms with Crippen LogP contribution in [0.4, 0.5) is 0 Å². The molecule has 162 valence electrons. The van der Waals surface area contributed by atoms with Crippen LogP contribution in [0.2, 0.25) is 5.02 Å². The van der Waals surface area contributed by atoms with Crippen LogP contribution in [-0.4, -0.2) is 57.0 Å². The number of aromatic hydroxyl groups is 1. The molecule has 2 aromatic rings. The number of phenolic OH excluding ortho intramolecular Hbond substituents is 1. The van der Waals surface area contributed by atoms with Crippen LogP contribution < -0.4 is 5.32 Å². The van der Waals surface area contributed by atoms with Gasteiger partial charge in [0.1, 0.15) is 11.4 Å². The van der Waals surface area contributed by atoms with Gasteiger partial charge in [0.15, 0.2) is 0 Å². The molecule has 0 aliphatic carbocycles. The Kier molecular flexibility index (Phi) is 6.04. The fourth-order valence-corrected chi connectivity index (χ4v) is 4.76. The van der Waals surface area contributed by atoms with Gasteiger partial charge >= 0.3 is 0 Å². The first kappa shape index (κ1) is 21.2. The molecular weight excluding hydrogens is 404 g/mol. The number of amides is 1. The summed E-state index contributed by atoms with van der Waals surface area (Å²) in [6.45, 7) is 4.91. The van der Waals surface area contributed by atoms with E-state index in [0.717, 1.165) is 50.0 Å². The number of hydrogen-bond donors (Lipinski definition) is 2. The summed E-state index contributed by atoms with van der Waals surface area (Å²) in [5.41, 5.74) is 2.16. The molecule has 2 saturated heterocycles. The maximum absolute atomic E-state index is 12.4. The second-order valence-corrected chi connectivity index (χ2v) is 8.95. The number of aromatic nitrogens is 2. The number of rotatable bonds is 5. The first-order chi connectivity index (χ1) is 14.3. The molecule has 1 unspecified atom stereocenters. The fraction of sp³-hybridized carbons (Fsp3) is 0.545. The topological polar surface area (TPSA) is 79.6 Å². The molecule has 3 heterocycles. The molecule has 2 N–H and O–H groups in total. The molecule has 2 aliphatic heterocycles. The highest BCUT2D eigenvalue weighted by atomic mass is 35.5. The number of carbonyl (C=O) groups is 1. The molecule has 1 amide bonds. The zero-order valence-electron chi connectivity index (χ0n) is 17.5. The molecule has 1 spiro atoms. The maximum Gasteiger partial charge on any atom is 0.269 e. The zero-order chi connectivity index (χ0) is 21.3. The second kappa shape index (κ2) is 8.57. The lowest BCUT2D eigenvalue weighted by Gasteiger charge is -2.39. The van der Waals surface area contributed by atoms with E-state index in [0.29, 0.717) is 23.8 Å². The SMILES string of the molecule is Cc1cc(C(=O)NCC2CCC3(CCN(Cc4cc(Cl)ccc4O)CC3)O2)n(C)n1. The average molecular weight is 433 g/mol. The first-order valence-electron chi connectivity index (χ1n) is 10.5. The van der Waals surface area contributed by atoms with Crippen molar-refractivity contribution in [2.24, 2.45) is 7.05 Å². The van der Waals surface area contributed by atoms with Crippen LogP contribution in [0.15, 0.2) is 24.3 Å². The van der Waals surface area contributed by atoms with Crippen molar-refractivity contribution in [1.29, 1.82) is 0 Å². The van der Waals surface area contributed by atoms with Gasteiger partial charge in [0.25, 0.3) is 5.91 Å². The Bertz CT molecular complexity index is 921. The van der Waals surface area contributed by atoms with E-state index in [4.69, 9.17) is 16.3 Å². The summed E-state index contributed by atoms with van der Waals surface area (Å²) in [6.07, 6.45) is 3.94. The van der Waals surface area contributed by atoms with E-state index in [9.17, 15) is 9.90 Å². The van der Waals surface area contributed by atoms with Crippen LogP contribution in [0.5, 0.6) is 5.75 Å². The number of hydrogen-bond acceptors (Lipinski definition) is 5. The van der Waals surface area contributed by atoms with Crippen molar-refractivity contribution in [3.63, 3.8) is 0 Å². The minimum absolute atomic E-state index is 0.0480. The Balaban J connectivity index is 1.26. The van der Waals surface area contributed by atoms with Gasteiger partial charge in [-0.15, -0.1) is 0 Å². The number of carbonyl (C=O) groups excluding carboxylic acids is 1. The van der Waals surface area contributed by atoms with Crippen molar-refractivity contribution < 1.29 is 14.6 Å². The van der Waals surface area contributed by atoms with Crippen LogP contribution in [-0.2, 0) is 18.3 Å². The minimum atomic E-state index is -0.112. The van der Waals surface area contributed by atoms with Crippen LogP contribution in [0.1, 0.15) is 47.4 Å². The lowest BCUT2D eigenvalue weighted by Crippen LogP contribution is -2.45. The quantitative estimate of drug-likeness (QED) is 0.759. The van der Waals surface area contributed by atoms with E-state index in [1.54, 1.807) is 29.9 Å². The number of nitrogens with one attached hydrogen (secondary N) is 1. The lowest BCUT2D eigenvalue weighted by atomic mass is 9.88. The Hall–Kier alpha value is -2.09. The standard InChI is InChI=1S/C22H29ClN4O3/c1-15-11-19(26(2)25-15)21(29)24-13-18-5-6-22(30-18)7-9-27(10-8-22)14-16-12-17(23)3-4-20(16)28/h3-4,11-12,18,28H,5-10,13-14H2,1-2H3,(H,24,29). The molecule has 4 rings (SSSR count). The highest BCUT2D eigenvalue weighted by Gasteiger charge is 2.42. The van der Waals surface area contributed by atoms with Gasteiger partial charge in [-0.2, -0.15) is 5.10 Å². The number of aryl methyl sites for hydroxylation is 2. The van der Waals surface area contributed by atoms with Crippen molar-refractivity contribution in [2.45, 2.75) is 50.9 Å². The van der Waals surface area contributed by atoms with Gasteiger partial charge in [0.05, 0.1) is 17.4 Å². The van der Waals surface area contributed by atoms with Gasteiger partial charge in [-0.05, 0) is 56.9 Å². The molecule has 1 atom stereocenters. The van der Waals surface area contributed by atoms with Gasteiger partial charge < -0.3 is 15.2 Å². The molecular formula is C22H29ClN4O3. The summed E-state index contributed by atoms with van der Waals surface area (Å²) < 4.78 is 8.02. The smallest absolute Gasteiger partial charge is 0.269 e. The van der Waals surface area contributed by atoms with E-state index < -0.39 is 0 Å². The van der Waals surface area contributed by atoms with E-state index in [1.165, 1.54) is 0 Å². The van der Waals surface area contributed by atoms with Gasteiger partial charge in [-0.1, -0.05) is 11.6 Å². The fourth-order valence-electron chi connectivity index (χ4n) is 4.57. The molecule has 0 saturated carbocycles. The third kappa shape index (κ3) is 4.63. The van der Waals surface area contributed by atoms with Gasteiger partial charge in [0.2, 0.25) is 0 Å². The molecule has 1 aromatic carbocycles. The Morgan fingerprint density at radius 3 is 2.80 bits per heavy atom. The maximum atomic E-state index is 12.4. The van der Waals surface area contributed by atoms with Gasteiger partial charge in [-0.3, -0.25) is 14.4 Å². The molecule has 0 radical (unpaired) electrons. The summed E-state index contributed by atoms with van der Waals surface area (Å²) in [6, 6.07) is 6.97. The molecule has 1 aromatic heterocycles. The summed E-state index contributed by atoms with van der Waals surface area (Å²) >= 11 is 6.07. The van der Waals surface area contributed by atoms with Crippen molar-refractivity contribution in [3.05, 3.63) is 46.2 Å². The highest BCUT2D eigenvalue weighted by molar-refractivity contribution is 6.30. The monoisotopic (exact) mass is 432 g/mol. The number of phenols is 1. The summed E-state index contributed by atoms with van der Waals surface area (Å²) in [5.74, 6) is 0.176. The van der Waals surface area contributed by atoms with Crippen molar-refractivity contribution in [1.82, 2.24) is 20.0 Å². The van der Waals surface area contributed by atoms with Crippen LogP contribution >= 0.6 is 11.6 Å².